The molecule has 0 atom stereocenters. The summed E-state index contributed by atoms with van der Waals surface area (Å²) in [6.07, 6.45) is 4.87. The number of nitrogens with two attached hydrogens (primary N) is 1. The number of carbonyl (C=O) groups excluding carboxylic acids is 1. The summed E-state index contributed by atoms with van der Waals surface area (Å²) in [5, 5.41) is 13.0. The molecule has 1 amide bonds. The molecule has 0 aliphatic heterocycles. The maximum absolute atomic E-state index is 11.4. The summed E-state index contributed by atoms with van der Waals surface area (Å²) in [7, 11) is 0. The number of hydrogen-bond donors (Lipinski definition) is 3. The van der Waals surface area contributed by atoms with Gasteiger partial charge in [0.25, 0.3) is 0 Å². The molecule has 4 nitrogen and oxygen atoms in total. The lowest BCUT2D eigenvalue weighted by Crippen LogP contribution is -2.45. The topological polar surface area (TPSA) is 75.3 Å². The van der Waals surface area contributed by atoms with E-state index in [4.69, 9.17) is 5.73 Å². The van der Waals surface area contributed by atoms with Crippen molar-refractivity contribution < 1.29 is 9.90 Å². The minimum absolute atomic E-state index is 0.00232. The summed E-state index contributed by atoms with van der Waals surface area (Å²) >= 11 is 0. The third-order valence-corrected chi connectivity index (χ3v) is 3.43. The summed E-state index contributed by atoms with van der Waals surface area (Å²) in [4.78, 5) is 11.4. The zero-order valence-electron chi connectivity index (χ0n) is 10.2. The number of hydrogen-bond acceptors (Lipinski definition) is 3. The average Bonchev–Trinajstić information content (AvgIpc) is 2.28. The zero-order valence-corrected chi connectivity index (χ0v) is 10.2. The van der Waals surface area contributed by atoms with Gasteiger partial charge in [-0.05, 0) is 44.6 Å². The Hall–Kier alpha value is -0.610. The number of aliphatic hydroxyl groups is 1. The number of amides is 1. The van der Waals surface area contributed by atoms with E-state index in [1.54, 1.807) is 0 Å². The molecule has 94 valence electrons. The van der Waals surface area contributed by atoms with Crippen molar-refractivity contribution in [3.63, 3.8) is 0 Å². The van der Waals surface area contributed by atoms with E-state index in [0.717, 1.165) is 25.7 Å². The predicted octanol–water partition coefficient (Wildman–Crippen LogP) is 0.783. The van der Waals surface area contributed by atoms with Crippen molar-refractivity contribution in [3.8, 4) is 0 Å². The van der Waals surface area contributed by atoms with Crippen LogP contribution in [0.1, 0.15) is 45.4 Å². The fourth-order valence-electron chi connectivity index (χ4n) is 2.09. The van der Waals surface area contributed by atoms with Gasteiger partial charge in [-0.1, -0.05) is 6.92 Å². The van der Waals surface area contributed by atoms with Crippen LogP contribution in [0.15, 0.2) is 0 Å². The summed E-state index contributed by atoms with van der Waals surface area (Å²) < 4.78 is 0. The van der Waals surface area contributed by atoms with E-state index in [0.29, 0.717) is 31.8 Å². The van der Waals surface area contributed by atoms with Crippen LogP contribution in [0.2, 0.25) is 0 Å². The molecule has 1 aliphatic rings. The van der Waals surface area contributed by atoms with Crippen molar-refractivity contribution in [2.45, 2.75) is 51.0 Å². The molecule has 0 saturated heterocycles. The molecule has 0 radical (unpaired) electrons. The molecule has 16 heavy (non-hydrogen) atoms. The molecule has 0 heterocycles. The van der Waals surface area contributed by atoms with E-state index < -0.39 is 5.60 Å². The Morgan fingerprint density at radius 1 is 1.50 bits per heavy atom. The van der Waals surface area contributed by atoms with Gasteiger partial charge in [0.05, 0.1) is 5.60 Å². The van der Waals surface area contributed by atoms with Gasteiger partial charge in [-0.3, -0.25) is 4.79 Å². The standard InChI is InChI=1S/C12H24N2O2/c1-10-4-6-12(16,7-5-10)9-14-11(15)3-2-8-13/h10,16H,2-9,13H2,1H3,(H,14,15). The van der Waals surface area contributed by atoms with E-state index in [2.05, 4.69) is 12.2 Å². The molecule has 0 aromatic heterocycles. The van der Waals surface area contributed by atoms with Crippen LogP contribution in [0.4, 0.5) is 0 Å². The second-order valence-corrected chi connectivity index (χ2v) is 5.08. The van der Waals surface area contributed by atoms with Gasteiger partial charge in [0.1, 0.15) is 0 Å². The van der Waals surface area contributed by atoms with Gasteiger partial charge in [0, 0.05) is 13.0 Å². The van der Waals surface area contributed by atoms with E-state index >= 15 is 0 Å². The lowest BCUT2D eigenvalue weighted by Gasteiger charge is -2.34. The molecular formula is C12H24N2O2. The Morgan fingerprint density at radius 3 is 2.69 bits per heavy atom. The monoisotopic (exact) mass is 228 g/mol. The lowest BCUT2D eigenvalue weighted by atomic mass is 9.79. The van der Waals surface area contributed by atoms with Gasteiger partial charge < -0.3 is 16.2 Å². The second-order valence-electron chi connectivity index (χ2n) is 5.08. The van der Waals surface area contributed by atoms with E-state index in [1.165, 1.54) is 0 Å². The van der Waals surface area contributed by atoms with Crippen molar-refractivity contribution in [2.75, 3.05) is 13.1 Å². The molecular weight excluding hydrogens is 204 g/mol. The SMILES string of the molecule is CC1CCC(O)(CNC(=O)CCCN)CC1. The van der Waals surface area contributed by atoms with Gasteiger partial charge >= 0.3 is 0 Å². The molecule has 4 N–H and O–H groups in total. The highest BCUT2D eigenvalue weighted by Crippen LogP contribution is 2.31. The van der Waals surface area contributed by atoms with Crippen molar-refractivity contribution in [3.05, 3.63) is 0 Å². The van der Waals surface area contributed by atoms with Crippen LogP contribution in [0.3, 0.4) is 0 Å². The quantitative estimate of drug-likeness (QED) is 0.651. The Bertz CT molecular complexity index is 223. The van der Waals surface area contributed by atoms with Crippen molar-refractivity contribution in [2.24, 2.45) is 11.7 Å². The Morgan fingerprint density at radius 2 is 2.12 bits per heavy atom. The van der Waals surface area contributed by atoms with Crippen LogP contribution in [-0.4, -0.2) is 29.7 Å². The van der Waals surface area contributed by atoms with Crippen LogP contribution >= 0.6 is 0 Å². The summed E-state index contributed by atoms with van der Waals surface area (Å²) in [5.41, 5.74) is 4.65. The van der Waals surface area contributed by atoms with E-state index in [1.807, 2.05) is 0 Å². The first-order chi connectivity index (χ1) is 7.56. The minimum Gasteiger partial charge on any atom is -0.388 e. The number of nitrogens with one attached hydrogen (secondary N) is 1. The van der Waals surface area contributed by atoms with E-state index in [9.17, 15) is 9.90 Å². The highest BCUT2D eigenvalue weighted by atomic mass is 16.3. The largest absolute Gasteiger partial charge is 0.388 e. The van der Waals surface area contributed by atoms with Crippen molar-refractivity contribution in [1.29, 1.82) is 0 Å². The summed E-state index contributed by atoms with van der Waals surface area (Å²) in [6.45, 7) is 3.14. The maximum Gasteiger partial charge on any atom is 0.220 e. The molecule has 0 aromatic carbocycles. The number of carbonyl (C=O) groups is 1. The van der Waals surface area contributed by atoms with Crippen LogP contribution in [0.5, 0.6) is 0 Å². The second kappa shape index (κ2) is 6.21. The van der Waals surface area contributed by atoms with Crippen molar-refractivity contribution in [1.82, 2.24) is 5.32 Å². The maximum atomic E-state index is 11.4. The first-order valence-electron chi connectivity index (χ1n) is 6.25. The highest BCUT2D eigenvalue weighted by molar-refractivity contribution is 5.75. The van der Waals surface area contributed by atoms with Crippen LogP contribution in [0.25, 0.3) is 0 Å². The Labute approximate surface area is 97.6 Å². The van der Waals surface area contributed by atoms with Crippen LogP contribution in [-0.2, 0) is 4.79 Å². The van der Waals surface area contributed by atoms with E-state index in [-0.39, 0.29) is 5.91 Å². The molecule has 1 fully saturated rings. The molecule has 4 heteroatoms. The molecule has 1 rings (SSSR count). The third-order valence-electron chi connectivity index (χ3n) is 3.43. The van der Waals surface area contributed by atoms with Gasteiger partial charge in [-0.2, -0.15) is 0 Å². The summed E-state index contributed by atoms with van der Waals surface area (Å²) in [5.74, 6) is 0.700. The van der Waals surface area contributed by atoms with Crippen molar-refractivity contribution >= 4 is 5.91 Å². The predicted molar refractivity (Wildman–Crippen MR) is 63.9 cm³/mol. The molecule has 1 aliphatic carbocycles. The van der Waals surface area contributed by atoms with Gasteiger partial charge in [0.2, 0.25) is 5.91 Å². The lowest BCUT2D eigenvalue weighted by molar-refractivity contribution is -0.122. The zero-order chi connectivity index (χ0) is 12.0. The Balaban J connectivity index is 2.23. The van der Waals surface area contributed by atoms with Gasteiger partial charge in [0.15, 0.2) is 0 Å². The number of rotatable bonds is 5. The van der Waals surface area contributed by atoms with Crippen LogP contribution in [0, 0.1) is 5.92 Å². The minimum atomic E-state index is -0.676. The molecule has 0 bridgehead atoms. The molecule has 0 aromatic rings. The van der Waals surface area contributed by atoms with Gasteiger partial charge in [-0.25, -0.2) is 0 Å². The highest BCUT2D eigenvalue weighted by Gasteiger charge is 2.31. The Kier molecular flexibility index (Phi) is 5.22. The van der Waals surface area contributed by atoms with Crippen LogP contribution < -0.4 is 11.1 Å². The molecule has 0 unspecified atom stereocenters. The molecule has 0 spiro atoms. The van der Waals surface area contributed by atoms with Gasteiger partial charge in [-0.15, -0.1) is 0 Å². The molecule has 1 saturated carbocycles. The first kappa shape index (κ1) is 13.5. The first-order valence-corrected chi connectivity index (χ1v) is 6.25. The third kappa shape index (κ3) is 4.49. The smallest absolute Gasteiger partial charge is 0.220 e. The normalized spacial score (nSPS) is 30.1. The fourth-order valence-corrected chi connectivity index (χ4v) is 2.09. The fraction of sp³-hybridized carbons (Fsp3) is 0.917. The average molecular weight is 228 g/mol. The summed E-state index contributed by atoms with van der Waals surface area (Å²) in [6, 6.07) is 0.